The van der Waals surface area contributed by atoms with Crippen LogP contribution in [0.15, 0.2) is 10.7 Å². The van der Waals surface area contributed by atoms with Crippen LogP contribution in [-0.4, -0.2) is 15.6 Å². The number of hydrogen-bond acceptors (Lipinski definition) is 2. The van der Waals surface area contributed by atoms with Gasteiger partial charge in [0.25, 0.3) is 0 Å². The predicted octanol–water partition coefficient (Wildman–Crippen LogP) is 4.24. The van der Waals surface area contributed by atoms with Crippen LogP contribution in [0.25, 0.3) is 0 Å². The van der Waals surface area contributed by atoms with Crippen molar-refractivity contribution in [2.45, 2.75) is 52.5 Å². The third-order valence-electron chi connectivity index (χ3n) is 3.78. The Morgan fingerprint density at radius 1 is 1.50 bits per heavy atom. The summed E-state index contributed by atoms with van der Waals surface area (Å²) in [6.45, 7) is 6.35. The maximum atomic E-state index is 12.7. The first-order valence-electron chi connectivity index (χ1n) is 6.78. The van der Waals surface area contributed by atoms with Gasteiger partial charge in [-0.3, -0.25) is 9.48 Å². The molecule has 2 atom stereocenters. The van der Waals surface area contributed by atoms with E-state index < -0.39 is 0 Å². The van der Waals surface area contributed by atoms with Gasteiger partial charge in [0.1, 0.15) is 5.69 Å². The van der Waals surface area contributed by atoms with E-state index in [2.05, 4.69) is 41.8 Å². The first kappa shape index (κ1) is 13.8. The van der Waals surface area contributed by atoms with Crippen LogP contribution in [0.5, 0.6) is 0 Å². The Bertz CT molecular complexity index is 439. The average molecular weight is 313 g/mol. The van der Waals surface area contributed by atoms with Crippen molar-refractivity contribution in [3.63, 3.8) is 0 Å². The summed E-state index contributed by atoms with van der Waals surface area (Å²) >= 11 is 3.46. The van der Waals surface area contributed by atoms with Crippen LogP contribution in [0, 0.1) is 11.8 Å². The van der Waals surface area contributed by atoms with Gasteiger partial charge in [-0.1, -0.05) is 19.8 Å². The molecular weight excluding hydrogens is 292 g/mol. The molecule has 2 rings (SSSR count). The minimum Gasteiger partial charge on any atom is -0.292 e. The Morgan fingerprint density at radius 3 is 2.83 bits per heavy atom. The smallest absolute Gasteiger partial charge is 0.185 e. The number of Topliss-reactive ketones (excluding diaryl/α,β-unsaturated/α-hetero) is 1. The highest BCUT2D eigenvalue weighted by Crippen LogP contribution is 2.33. The first-order chi connectivity index (χ1) is 8.50. The van der Waals surface area contributed by atoms with Gasteiger partial charge in [-0.25, -0.2) is 0 Å². The monoisotopic (exact) mass is 312 g/mol. The molecule has 0 N–H and O–H groups in total. The molecule has 1 aliphatic carbocycles. The van der Waals surface area contributed by atoms with E-state index >= 15 is 0 Å². The molecule has 1 fully saturated rings. The van der Waals surface area contributed by atoms with Gasteiger partial charge in [0.05, 0.1) is 10.7 Å². The number of carbonyl (C=O) groups excluding carboxylic acids is 1. The second-order valence-corrected chi connectivity index (χ2v) is 6.57. The Morgan fingerprint density at radius 2 is 2.22 bits per heavy atom. The van der Waals surface area contributed by atoms with Crippen LogP contribution >= 0.6 is 15.9 Å². The zero-order valence-electron chi connectivity index (χ0n) is 11.3. The average Bonchev–Trinajstić information content (AvgIpc) is 2.70. The third-order valence-corrected chi connectivity index (χ3v) is 4.36. The molecule has 1 aromatic heterocycles. The lowest BCUT2D eigenvalue weighted by Gasteiger charge is -2.26. The lowest BCUT2D eigenvalue weighted by Crippen LogP contribution is -2.25. The summed E-state index contributed by atoms with van der Waals surface area (Å²) in [6, 6.07) is 0.219. The maximum absolute atomic E-state index is 12.7. The molecule has 0 saturated heterocycles. The van der Waals surface area contributed by atoms with E-state index in [1.807, 2.05) is 4.68 Å². The van der Waals surface area contributed by atoms with Crippen LogP contribution in [-0.2, 0) is 0 Å². The van der Waals surface area contributed by atoms with Gasteiger partial charge < -0.3 is 0 Å². The molecule has 1 aromatic rings. The van der Waals surface area contributed by atoms with Crippen LogP contribution in [0.2, 0.25) is 0 Å². The highest BCUT2D eigenvalue weighted by molar-refractivity contribution is 9.10. The minimum absolute atomic E-state index is 0.180. The van der Waals surface area contributed by atoms with Gasteiger partial charge in [-0.2, -0.15) is 5.10 Å². The van der Waals surface area contributed by atoms with Crippen molar-refractivity contribution in [1.29, 1.82) is 0 Å². The Balaban J connectivity index is 2.25. The maximum Gasteiger partial charge on any atom is 0.185 e. The fraction of sp³-hybridized carbons (Fsp3) is 0.714. The summed E-state index contributed by atoms with van der Waals surface area (Å²) in [4.78, 5) is 12.7. The number of rotatable bonds is 3. The van der Waals surface area contributed by atoms with Gasteiger partial charge in [-0.15, -0.1) is 0 Å². The number of carbonyl (C=O) groups is 1. The van der Waals surface area contributed by atoms with Crippen molar-refractivity contribution >= 4 is 21.7 Å². The Kier molecular flexibility index (Phi) is 4.25. The highest BCUT2D eigenvalue weighted by Gasteiger charge is 2.29. The van der Waals surface area contributed by atoms with Crippen LogP contribution in [0.1, 0.15) is 63.0 Å². The van der Waals surface area contributed by atoms with Crippen LogP contribution in [0.4, 0.5) is 0 Å². The molecule has 1 aliphatic rings. The van der Waals surface area contributed by atoms with Crippen molar-refractivity contribution in [1.82, 2.24) is 9.78 Å². The molecule has 0 aliphatic heterocycles. The van der Waals surface area contributed by atoms with Gasteiger partial charge in [-0.05, 0) is 48.5 Å². The lowest BCUT2D eigenvalue weighted by molar-refractivity contribution is 0.0854. The second kappa shape index (κ2) is 5.55. The first-order valence-corrected chi connectivity index (χ1v) is 7.57. The van der Waals surface area contributed by atoms with Crippen molar-refractivity contribution in [2.75, 3.05) is 0 Å². The van der Waals surface area contributed by atoms with Gasteiger partial charge in [0, 0.05) is 12.0 Å². The van der Waals surface area contributed by atoms with E-state index in [0.717, 1.165) is 23.0 Å². The van der Waals surface area contributed by atoms with E-state index in [4.69, 9.17) is 0 Å². The summed E-state index contributed by atoms with van der Waals surface area (Å²) in [5.74, 6) is 1.11. The molecule has 1 saturated carbocycles. The van der Waals surface area contributed by atoms with E-state index in [9.17, 15) is 4.79 Å². The number of nitrogens with zero attached hydrogens (tertiary/aromatic N) is 2. The standard InChI is InChI=1S/C14H21BrN2O/c1-9(2)17-13(12(15)8-16-17)14(18)11-6-4-5-10(3)7-11/h8-11H,4-7H2,1-3H3. The SMILES string of the molecule is CC1CCCC(C(=O)c2c(Br)cnn2C(C)C)C1. The predicted molar refractivity (Wildman–Crippen MR) is 75.8 cm³/mol. The van der Waals surface area contributed by atoms with E-state index in [1.54, 1.807) is 6.20 Å². The largest absolute Gasteiger partial charge is 0.292 e. The normalized spacial score (nSPS) is 24.5. The topological polar surface area (TPSA) is 34.9 Å². The molecule has 1 heterocycles. The third kappa shape index (κ3) is 2.68. The summed E-state index contributed by atoms with van der Waals surface area (Å²) < 4.78 is 2.67. The van der Waals surface area contributed by atoms with Crippen molar-refractivity contribution in [3.8, 4) is 0 Å². The van der Waals surface area contributed by atoms with Crippen LogP contribution < -0.4 is 0 Å². The number of hydrogen-bond donors (Lipinski definition) is 0. The summed E-state index contributed by atoms with van der Waals surface area (Å²) in [7, 11) is 0. The number of aromatic nitrogens is 2. The number of halogens is 1. The zero-order chi connectivity index (χ0) is 13.3. The molecule has 0 spiro atoms. The Hall–Kier alpha value is -0.640. The molecule has 4 heteroatoms. The highest BCUT2D eigenvalue weighted by atomic mass is 79.9. The van der Waals surface area contributed by atoms with E-state index in [0.29, 0.717) is 5.92 Å². The molecule has 3 nitrogen and oxygen atoms in total. The fourth-order valence-electron chi connectivity index (χ4n) is 2.83. The molecule has 100 valence electrons. The molecule has 0 amide bonds. The molecule has 0 radical (unpaired) electrons. The quantitative estimate of drug-likeness (QED) is 0.783. The Labute approximate surface area is 117 Å². The second-order valence-electron chi connectivity index (χ2n) is 5.71. The van der Waals surface area contributed by atoms with E-state index in [1.165, 1.54) is 12.8 Å². The van der Waals surface area contributed by atoms with Gasteiger partial charge >= 0.3 is 0 Å². The number of ketones is 1. The lowest BCUT2D eigenvalue weighted by atomic mass is 9.79. The van der Waals surface area contributed by atoms with Crippen molar-refractivity contribution in [3.05, 3.63) is 16.4 Å². The summed E-state index contributed by atoms with van der Waals surface area (Å²) in [5, 5.41) is 4.30. The fourth-order valence-corrected chi connectivity index (χ4v) is 3.30. The van der Waals surface area contributed by atoms with Crippen LogP contribution in [0.3, 0.4) is 0 Å². The molecule has 0 bridgehead atoms. The van der Waals surface area contributed by atoms with Gasteiger partial charge in [0.2, 0.25) is 0 Å². The molecule has 2 unspecified atom stereocenters. The summed E-state index contributed by atoms with van der Waals surface area (Å²) in [6.07, 6.45) is 6.21. The molecule has 0 aromatic carbocycles. The van der Waals surface area contributed by atoms with Gasteiger partial charge in [0.15, 0.2) is 5.78 Å². The minimum atomic E-state index is 0.180. The summed E-state index contributed by atoms with van der Waals surface area (Å²) in [5.41, 5.74) is 0.754. The van der Waals surface area contributed by atoms with Crippen molar-refractivity contribution in [2.24, 2.45) is 11.8 Å². The van der Waals surface area contributed by atoms with Crippen molar-refractivity contribution < 1.29 is 4.79 Å². The van der Waals surface area contributed by atoms with E-state index in [-0.39, 0.29) is 17.7 Å². The zero-order valence-corrected chi connectivity index (χ0v) is 12.9. The molecular formula is C14H21BrN2O. The molecule has 18 heavy (non-hydrogen) atoms.